The van der Waals surface area contributed by atoms with Crippen molar-refractivity contribution >= 4 is 17.5 Å². The Bertz CT molecular complexity index is 1250. The van der Waals surface area contributed by atoms with Gasteiger partial charge in [0.2, 0.25) is 11.8 Å². The van der Waals surface area contributed by atoms with Crippen LogP contribution in [0.3, 0.4) is 0 Å². The fourth-order valence-corrected chi connectivity index (χ4v) is 4.94. The summed E-state index contributed by atoms with van der Waals surface area (Å²) >= 11 is 0. The molecule has 5 rings (SSSR count). The lowest BCUT2D eigenvalue weighted by Gasteiger charge is -2.29. The van der Waals surface area contributed by atoms with Crippen molar-refractivity contribution in [3.63, 3.8) is 0 Å². The third-order valence-corrected chi connectivity index (χ3v) is 6.92. The normalized spacial score (nSPS) is 19.6. The van der Waals surface area contributed by atoms with Gasteiger partial charge in [-0.15, -0.1) is 0 Å². The van der Waals surface area contributed by atoms with Crippen molar-refractivity contribution in [1.82, 2.24) is 19.9 Å². The van der Waals surface area contributed by atoms with E-state index in [-0.39, 0.29) is 17.7 Å². The first-order valence-corrected chi connectivity index (χ1v) is 12.2. The fourth-order valence-electron chi connectivity index (χ4n) is 4.94. The van der Waals surface area contributed by atoms with E-state index in [2.05, 4.69) is 15.3 Å². The molecule has 0 bridgehead atoms. The van der Waals surface area contributed by atoms with Gasteiger partial charge in [0.15, 0.2) is 5.82 Å². The summed E-state index contributed by atoms with van der Waals surface area (Å²) in [7, 11) is 1.49. The maximum Gasteiger partial charge on any atom is 0.254 e. The summed E-state index contributed by atoms with van der Waals surface area (Å²) in [5, 5.41) is 8.35. The minimum Gasteiger partial charge on any atom is -0.399 e. The Balaban J connectivity index is 1.34. The van der Waals surface area contributed by atoms with Crippen LogP contribution in [0, 0.1) is 0 Å². The minimum absolute atomic E-state index is 0.0848. The smallest absolute Gasteiger partial charge is 0.254 e. The molecule has 0 aliphatic carbocycles. The average molecular weight is 488 g/mol. The number of hydrogen-bond acceptors (Lipinski definition) is 7. The second kappa shape index (κ2) is 10.3. The van der Waals surface area contributed by atoms with Gasteiger partial charge in [-0.3, -0.25) is 9.59 Å². The summed E-state index contributed by atoms with van der Waals surface area (Å²) < 4.78 is 5.63. The van der Waals surface area contributed by atoms with Crippen LogP contribution in [0.2, 0.25) is 0 Å². The summed E-state index contributed by atoms with van der Waals surface area (Å²) in [6, 6.07) is 17.3. The Kier molecular flexibility index (Phi) is 6.79. The molecular weight excluding hydrogens is 458 g/mol. The Hall–Kier alpha value is -4.01. The first-order chi connectivity index (χ1) is 17.5. The summed E-state index contributed by atoms with van der Waals surface area (Å²) in [5.74, 6) is 1.09. The molecule has 9 nitrogen and oxygen atoms in total. The highest BCUT2D eigenvalue weighted by Gasteiger charge is 2.38. The molecule has 1 aromatic heterocycles. The summed E-state index contributed by atoms with van der Waals surface area (Å²) in [5.41, 5.74) is 3.47. The van der Waals surface area contributed by atoms with Gasteiger partial charge in [-0.25, -0.2) is 0 Å². The van der Waals surface area contributed by atoms with Crippen molar-refractivity contribution in [2.24, 2.45) is 5.16 Å². The number of benzene rings is 2. The van der Waals surface area contributed by atoms with E-state index in [1.54, 1.807) is 11.8 Å². The zero-order valence-corrected chi connectivity index (χ0v) is 20.5. The number of carbonyl (C=O) groups is 2. The van der Waals surface area contributed by atoms with Crippen LogP contribution in [-0.2, 0) is 9.63 Å². The molecule has 0 saturated carbocycles. The van der Waals surface area contributed by atoms with Gasteiger partial charge < -0.3 is 19.2 Å². The van der Waals surface area contributed by atoms with E-state index in [1.807, 2.05) is 59.5 Å². The fraction of sp³-hybridized carbons (Fsp3) is 0.370. The second-order valence-corrected chi connectivity index (χ2v) is 9.21. The zero-order chi connectivity index (χ0) is 25.1. The lowest BCUT2D eigenvalue weighted by Crippen LogP contribution is -2.36. The third-order valence-electron chi connectivity index (χ3n) is 6.92. The SMILES string of the molecule is CON=C1C[C@@H](c2noc(C3CCN(C(C)=O)CC3)n2)N(C(=O)c2ccc(-c3ccccc3)cc2)C1. The van der Waals surface area contributed by atoms with Crippen molar-refractivity contribution in [3.05, 3.63) is 71.9 Å². The largest absolute Gasteiger partial charge is 0.399 e. The van der Waals surface area contributed by atoms with E-state index in [1.165, 1.54) is 7.11 Å². The Morgan fingerprint density at radius 3 is 2.39 bits per heavy atom. The summed E-state index contributed by atoms with van der Waals surface area (Å²) in [6.07, 6.45) is 2.03. The first-order valence-electron chi connectivity index (χ1n) is 12.2. The molecule has 3 aromatic rings. The van der Waals surface area contributed by atoms with Crippen molar-refractivity contribution in [1.29, 1.82) is 0 Å². The Morgan fingerprint density at radius 2 is 1.72 bits per heavy atom. The van der Waals surface area contributed by atoms with Crippen LogP contribution in [0.15, 0.2) is 64.3 Å². The monoisotopic (exact) mass is 487 g/mol. The van der Waals surface area contributed by atoms with Crippen molar-refractivity contribution in [2.75, 3.05) is 26.7 Å². The molecule has 2 aliphatic heterocycles. The third kappa shape index (κ3) is 4.86. The molecule has 0 unspecified atom stereocenters. The molecule has 9 heteroatoms. The van der Waals surface area contributed by atoms with E-state index in [0.29, 0.717) is 43.3 Å². The molecule has 0 radical (unpaired) electrons. The van der Waals surface area contributed by atoms with Crippen molar-refractivity contribution < 1.29 is 18.9 Å². The van der Waals surface area contributed by atoms with Crippen LogP contribution in [0.5, 0.6) is 0 Å². The lowest BCUT2D eigenvalue weighted by molar-refractivity contribution is -0.129. The van der Waals surface area contributed by atoms with Crippen LogP contribution >= 0.6 is 0 Å². The minimum atomic E-state index is -0.394. The molecule has 2 fully saturated rings. The van der Waals surface area contributed by atoms with Crippen LogP contribution in [0.1, 0.15) is 60.2 Å². The number of amides is 2. The molecule has 186 valence electrons. The average Bonchev–Trinajstić information content (AvgIpc) is 3.57. The van der Waals surface area contributed by atoms with Gasteiger partial charge in [-0.1, -0.05) is 52.8 Å². The molecular formula is C27H29N5O4. The zero-order valence-electron chi connectivity index (χ0n) is 20.5. The highest BCUT2D eigenvalue weighted by atomic mass is 16.6. The second-order valence-electron chi connectivity index (χ2n) is 9.21. The topological polar surface area (TPSA) is 101 Å². The van der Waals surface area contributed by atoms with Crippen LogP contribution in [-0.4, -0.2) is 64.2 Å². The number of likely N-dealkylation sites (tertiary alicyclic amines) is 2. The number of carbonyl (C=O) groups excluding carboxylic acids is 2. The molecule has 3 heterocycles. The molecule has 2 aromatic carbocycles. The number of hydrogen-bond donors (Lipinski definition) is 0. The van der Waals surface area contributed by atoms with Gasteiger partial charge in [-0.05, 0) is 36.1 Å². The standard InChI is InChI=1S/C27H29N5O4/c1-18(33)31-14-12-21(13-15-31)26-28-25(30-36-26)24-16-23(29-35-2)17-32(24)27(34)22-10-8-20(9-11-22)19-6-4-3-5-7-19/h3-11,21,24H,12-17H2,1-2H3/t24-/m0/s1. The van der Waals surface area contributed by atoms with E-state index in [0.717, 1.165) is 29.7 Å². The molecule has 36 heavy (non-hydrogen) atoms. The Labute approximate surface area is 209 Å². The van der Waals surface area contributed by atoms with Crippen molar-refractivity contribution in [2.45, 2.75) is 38.1 Å². The van der Waals surface area contributed by atoms with Gasteiger partial charge >= 0.3 is 0 Å². The van der Waals surface area contributed by atoms with E-state index in [4.69, 9.17) is 9.36 Å². The predicted molar refractivity (Wildman–Crippen MR) is 133 cm³/mol. The molecule has 2 aliphatic rings. The number of aromatic nitrogens is 2. The van der Waals surface area contributed by atoms with Crippen molar-refractivity contribution in [3.8, 4) is 11.1 Å². The number of piperidine rings is 1. The molecule has 1 atom stereocenters. The van der Waals surface area contributed by atoms with Gasteiger partial charge in [0, 0.05) is 37.9 Å². The molecule has 0 spiro atoms. The number of oxime groups is 1. The number of nitrogens with zero attached hydrogens (tertiary/aromatic N) is 5. The van der Waals surface area contributed by atoms with Crippen LogP contribution in [0.4, 0.5) is 0 Å². The molecule has 0 N–H and O–H groups in total. The van der Waals surface area contributed by atoms with Gasteiger partial charge in [0.05, 0.1) is 12.3 Å². The van der Waals surface area contributed by atoms with E-state index in [9.17, 15) is 9.59 Å². The van der Waals surface area contributed by atoms with Crippen LogP contribution in [0.25, 0.3) is 11.1 Å². The van der Waals surface area contributed by atoms with E-state index < -0.39 is 6.04 Å². The number of rotatable bonds is 5. The predicted octanol–water partition coefficient (Wildman–Crippen LogP) is 4.05. The maximum absolute atomic E-state index is 13.5. The quantitative estimate of drug-likeness (QED) is 0.503. The molecule has 2 saturated heterocycles. The van der Waals surface area contributed by atoms with Gasteiger partial charge in [0.1, 0.15) is 13.2 Å². The van der Waals surface area contributed by atoms with E-state index >= 15 is 0 Å². The van der Waals surface area contributed by atoms with Gasteiger partial charge in [-0.2, -0.15) is 4.98 Å². The molecule has 2 amide bonds. The lowest BCUT2D eigenvalue weighted by atomic mass is 9.97. The maximum atomic E-state index is 13.5. The summed E-state index contributed by atoms with van der Waals surface area (Å²) in [6.45, 7) is 3.27. The summed E-state index contributed by atoms with van der Waals surface area (Å²) in [4.78, 5) is 38.4. The van der Waals surface area contributed by atoms with Gasteiger partial charge in [0.25, 0.3) is 5.91 Å². The Morgan fingerprint density at radius 1 is 1.03 bits per heavy atom. The first kappa shape index (κ1) is 23.7. The highest BCUT2D eigenvalue weighted by molar-refractivity contribution is 6.00. The van der Waals surface area contributed by atoms with Crippen LogP contribution < -0.4 is 0 Å². The highest BCUT2D eigenvalue weighted by Crippen LogP contribution is 2.33.